The topological polar surface area (TPSA) is 69.7 Å². The summed E-state index contributed by atoms with van der Waals surface area (Å²) in [6.07, 6.45) is 5.20. The summed E-state index contributed by atoms with van der Waals surface area (Å²) in [6.45, 7) is 3.13. The fraction of sp³-hybridized carbons (Fsp3) is 0.409. The normalized spacial score (nSPS) is 18.0. The highest BCUT2D eigenvalue weighted by atomic mass is 32.2. The Kier molecular flexibility index (Phi) is 5.87. The van der Waals surface area contributed by atoms with Crippen LogP contribution >= 0.6 is 0 Å². The number of anilines is 2. The Morgan fingerprint density at radius 2 is 1.41 bits per heavy atom. The Morgan fingerprint density at radius 3 is 2.10 bits per heavy atom. The molecule has 4 rings (SSSR count). The van der Waals surface area contributed by atoms with Crippen molar-refractivity contribution >= 4 is 27.3 Å². The van der Waals surface area contributed by atoms with E-state index in [1.807, 2.05) is 24.3 Å². The minimum atomic E-state index is -3.49. The molecule has 0 saturated carbocycles. The van der Waals surface area contributed by atoms with Crippen LogP contribution in [0.4, 0.5) is 11.4 Å². The molecule has 2 fully saturated rings. The maximum absolute atomic E-state index is 12.8. The summed E-state index contributed by atoms with van der Waals surface area (Å²) >= 11 is 0. The predicted molar refractivity (Wildman–Crippen MR) is 115 cm³/mol. The van der Waals surface area contributed by atoms with Gasteiger partial charge >= 0.3 is 0 Å². The number of piperidine rings is 1. The van der Waals surface area contributed by atoms with Gasteiger partial charge in [-0.3, -0.25) is 4.79 Å². The standard InChI is InChI=1S/C22H27N3O3S/c26-22(23-20-8-2-3-9-21(20)24-14-6-7-15-24)18-10-12-19(13-11-18)29(27,28)25-16-4-1-5-17-25/h2-3,8-13H,1,4-7,14-17H2,(H,23,26). The highest BCUT2D eigenvalue weighted by Gasteiger charge is 2.26. The quantitative estimate of drug-likeness (QED) is 0.811. The summed E-state index contributed by atoms with van der Waals surface area (Å²) in [5.41, 5.74) is 2.26. The summed E-state index contributed by atoms with van der Waals surface area (Å²) in [4.78, 5) is 15.3. The fourth-order valence-electron chi connectivity index (χ4n) is 4.04. The van der Waals surface area contributed by atoms with Crippen molar-refractivity contribution < 1.29 is 13.2 Å². The highest BCUT2D eigenvalue weighted by Crippen LogP contribution is 2.29. The van der Waals surface area contributed by atoms with E-state index in [-0.39, 0.29) is 10.8 Å². The molecule has 0 spiro atoms. The van der Waals surface area contributed by atoms with E-state index in [1.165, 1.54) is 16.4 Å². The number of sulfonamides is 1. The molecule has 6 nitrogen and oxygen atoms in total. The molecule has 2 heterocycles. The van der Waals surface area contributed by atoms with Crippen LogP contribution in [0.15, 0.2) is 53.4 Å². The third-order valence-electron chi connectivity index (χ3n) is 5.67. The lowest BCUT2D eigenvalue weighted by Crippen LogP contribution is -2.35. The van der Waals surface area contributed by atoms with Gasteiger partial charge in [-0.15, -0.1) is 0 Å². The number of para-hydroxylation sites is 2. The Bertz CT molecular complexity index is 961. The molecule has 0 radical (unpaired) electrons. The molecular formula is C22H27N3O3S. The third-order valence-corrected chi connectivity index (χ3v) is 7.58. The van der Waals surface area contributed by atoms with Gasteiger partial charge in [-0.05, 0) is 62.1 Å². The van der Waals surface area contributed by atoms with Gasteiger partial charge in [0.15, 0.2) is 0 Å². The number of rotatable bonds is 5. The number of amides is 1. The van der Waals surface area contributed by atoms with Crippen molar-refractivity contribution in [1.82, 2.24) is 4.31 Å². The average molecular weight is 414 g/mol. The largest absolute Gasteiger partial charge is 0.370 e. The smallest absolute Gasteiger partial charge is 0.255 e. The van der Waals surface area contributed by atoms with Crippen LogP contribution in [0.25, 0.3) is 0 Å². The van der Waals surface area contributed by atoms with Gasteiger partial charge in [-0.1, -0.05) is 18.6 Å². The van der Waals surface area contributed by atoms with Crippen molar-refractivity contribution in [3.63, 3.8) is 0 Å². The van der Waals surface area contributed by atoms with Crippen LogP contribution in [-0.4, -0.2) is 44.8 Å². The SMILES string of the molecule is O=C(Nc1ccccc1N1CCCC1)c1ccc(S(=O)(=O)N2CCCCC2)cc1. The van der Waals surface area contributed by atoms with Gasteiger partial charge in [0.1, 0.15) is 0 Å². The van der Waals surface area contributed by atoms with Gasteiger partial charge in [-0.25, -0.2) is 8.42 Å². The molecule has 7 heteroatoms. The van der Waals surface area contributed by atoms with Crippen LogP contribution in [0.2, 0.25) is 0 Å². The predicted octanol–water partition coefficient (Wildman–Crippen LogP) is 3.71. The van der Waals surface area contributed by atoms with E-state index in [4.69, 9.17) is 0 Å². The Labute approximate surface area is 172 Å². The lowest BCUT2D eigenvalue weighted by atomic mass is 10.2. The molecule has 29 heavy (non-hydrogen) atoms. The Hall–Kier alpha value is -2.38. The lowest BCUT2D eigenvalue weighted by Gasteiger charge is -2.25. The van der Waals surface area contributed by atoms with Gasteiger partial charge in [0.25, 0.3) is 5.91 Å². The van der Waals surface area contributed by atoms with E-state index in [0.717, 1.165) is 56.6 Å². The fourth-order valence-corrected chi connectivity index (χ4v) is 5.56. The van der Waals surface area contributed by atoms with Crippen molar-refractivity contribution in [2.24, 2.45) is 0 Å². The van der Waals surface area contributed by atoms with Gasteiger partial charge in [0.2, 0.25) is 10.0 Å². The zero-order valence-corrected chi connectivity index (χ0v) is 17.3. The second kappa shape index (κ2) is 8.55. The Morgan fingerprint density at radius 1 is 0.793 bits per heavy atom. The van der Waals surface area contributed by atoms with Crippen LogP contribution in [0.1, 0.15) is 42.5 Å². The summed E-state index contributed by atoms with van der Waals surface area (Å²) in [7, 11) is -3.49. The molecule has 0 atom stereocenters. The van der Waals surface area contributed by atoms with E-state index in [2.05, 4.69) is 10.2 Å². The molecule has 2 saturated heterocycles. The summed E-state index contributed by atoms with van der Waals surface area (Å²) in [6, 6.07) is 14.1. The molecular weight excluding hydrogens is 386 g/mol. The number of benzene rings is 2. The van der Waals surface area contributed by atoms with Crippen molar-refractivity contribution in [3.05, 3.63) is 54.1 Å². The first-order chi connectivity index (χ1) is 14.1. The maximum atomic E-state index is 12.8. The summed E-state index contributed by atoms with van der Waals surface area (Å²) in [5.74, 6) is -0.237. The molecule has 0 bridgehead atoms. The van der Waals surface area contributed by atoms with Crippen molar-refractivity contribution in [2.75, 3.05) is 36.4 Å². The number of carbonyl (C=O) groups is 1. The summed E-state index contributed by atoms with van der Waals surface area (Å²) < 4.78 is 27.1. The molecule has 2 aliphatic heterocycles. The van der Waals surface area contributed by atoms with Crippen molar-refractivity contribution in [2.45, 2.75) is 37.0 Å². The van der Waals surface area contributed by atoms with E-state index in [1.54, 1.807) is 12.1 Å². The molecule has 1 amide bonds. The molecule has 2 aromatic carbocycles. The number of hydrogen-bond donors (Lipinski definition) is 1. The minimum Gasteiger partial charge on any atom is -0.370 e. The molecule has 0 aromatic heterocycles. The number of nitrogens with zero attached hydrogens (tertiary/aromatic N) is 2. The van der Waals surface area contributed by atoms with E-state index < -0.39 is 10.0 Å². The first-order valence-corrected chi connectivity index (χ1v) is 11.8. The zero-order chi connectivity index (χ0) is 20.3. The molecule has 154 valence electrons. The number of nitrogens with one attached hydrogen (secondary N) is 1. The third kappa shape index (κ3) is 4.31. The van der Waals surface area contributed by atoms with Crippen LogP contribution in [0, 0.1) is 0 Å². The number of hydrogen-bond acceptors (Lipinski definition) is 4. The second-order valence-electron chi connectivity index (χ2n) is 7.65. The van der Waals surface area contributed by atoms with Gasteiger partial charge < -0.3 is 10.2 Å². The maximum Gasteiger partial charge on any atom is 0.255 e. The first kappa shape index (κ1) is 19.9. The van der Waals surface area contributed by atoms with Gasteiger partial charge in [-0.2, -0.15) is 4.31 Å². The zero-order valence-electron chi connectivity index (χ0n) is 16.5. The van der Waals surface area contributed by atoms with Crippen LogP contribution < -0.4 is 10.2 Å². The van der Waals surface area contributed by atoms with Crippen LogP contribution in [0.5, 0.6) is 0 Å². The molecule has 2 aromatic rings. The summed E-state index contributed by atoms with van der Waals surface area (Å²) in [5, 5.41) is 2.98. The van der Waals surface area contributed by atoms with Gasteiger partial charge in [0, 0.05) is 31.7 Å². The van der Waals surface area contributed by atoms with Crippen molar-refractivity contribution in [1.29, 1.82) is 0 Å². The molecule has 1 N–H and O–H groups in total. The second-order valence-corrected chi connectivity index (χ2v) is 9.59. The average Bonchev–Trinajstić information content (AvgIpc) is 3.29. The van der Waals surface area contributed by atoms with Gasteiger partial charge in [0.05, 0.1) is 16.3 Å². The minimum absolute atomic E-state index is 0.237. The monoisotopic (exact) mass is 413 g/mol. The lowest BCUT2D eigenvalue weighted by molar-refractivity contribution is 0.102. The first-order valence-electron chi connectivity index (χ1n) is 10.3. The number of carbonyl (C=O) groups excluding carboxylic acids is 1. The Balaban J connectivity index is 1.49. The van der Waals surface area contributed by atoms with E-state index >= 15 is 0 Å². The van der Waals surface area contributed by atoms with Crippen LogP contribution in [-0.2, 0) is 10.0 Å². The van der Waals surface area contributed by atoms with Crippen LogP contribution in [0.3, 0.4) is 0 Å². The van der Waals surface area contributed by atoms with E-state index in [9.17, 15) is 13.2 Å². The molecule has 0 aliphatic carbocycles. The van der Waals surface area contributed by atoms with Crippen molar-refractivity contribution in [3.8, 4) is 0 Å². The molecule has 0 unspecified atom stereocenters. The van der Waals surface area contributed by atoms with E-state index in [0.29, 0.717) is 18.7 Å². The highest BCUT2D eigenvalue weighted by molar-refractivity contribution is 7.89. The molecule has 2 aliphatic rings.